The molecule has 4 nitrogen and oxygen atoms in total. The summed E-state index contributed by atoms with van der Waals surface area (Å²) in [5, 5.41) is 11.8. The predicted octanol–water partition coefficient (Wildman–Crippen LogP) is 1.80. The highest BCUT2D eigenvalue weighted by Gasteiger charge is 2.29. The summed E-state index contributed by atoms with van der Waals surface area (Å²) >= 11 is 0. The number of rotatable bonds is 6. The Morgan fingerprint density at radius 2 is 1.78 bits per heavy atom. The average Bonchev–Trinajstić information content (AvgIpc) is 2.38. The van der Waals surface area contributed by atoms with Gasteiger partial charge in [0, 0.05) is 18.9 Å². The second-order valence-corrected chi connectivity index (χ2v) is 4.84. The van der Waals surface area contributed by atoms with Crippen LogP contribution in [0.1, 0.15) is 44.9 Å². The number of carboxylic acids is 1. The molecule has 0 aliphatic heterocycles. The molecule has 0 saturated heterocycles. The molecule has 1 fully saturated rings. The molecule has 0 radical (unpaired) electrons. The first kappa shape index (κ1) is 14.6. The van der Waals surface area contributed by atoms with E-state index in [-0.39, 0.29) is 17.7 Å². The minimum atomic E-state index is -0.733. The van der Waals surface area contributed by atoms with E-state index in [1.165, 1.54) is 0 Å². The number of terminal acetylenes is 1. The number of hydrogen-bond acceptors (Lipinski definition) is 2. The molecule has 0 heterocycles. The zero-order valence-corrected chi connectivity index (χ0v) is 10.7. The van der Waals surface area contributed by atoms with E-state index in [0.717, 1.165) is 19.3 Å². The second-order valence-electron chi connectivity index (χ2n) is 4.84. The van der Waals surface area contributed by atoms with Gasteiger partial charge in [-0.2, -0.15) is 0 Å². The van der Waals surface area contributed by atoms with Crippen LogP contribution in [0.25, 0.3) is 0 Å². The number of carbonyl (C=O) groups is 2. The first-order chi connectivity index (χ1) is 8.65. The van der Waals surface area contributed by atoms with Crippen molar-refractivity contribution in [3.05, 3.63) is 0 Å². The third kappa shape index (κ3) is 4.79. The van der Waals surface area contributed by atoms with Crippen LogP contribution < -0.4 is 5.32 Å². The molecule has 0 atom stereocenters. The monoisotopic (exact) mass is 251 g/mol. The Hall–Kier alpha value is -1.50. The fraction of sp³-hybridized carbons (Fsp3) is 0.714. The summed E-state index contributed by atoms with van der Waals surface area (Å²) in [6.45, 7) is 0.666. The number of unbranched alkanes of at least 4 members (excludes halogenated alkanes) is 2. The smallest absolute Gasteiger partial charge is 0.306 e. The van der Waals surface area contributed by atoms with Crippen LogP contribution >= 0.6 is 0 Å². The van der Waals surface area contributed by atoms with Gasteiger partial charge in [0.05, 0.1) is 5.92 Å². The van der Waals surface area contributed by atoms with Crippen LogP contribution in [0.4, 0.5) is 0 Å². The summed E-state index contributed by atoms with van der Waals surface area (Å²) in [7, 11) is 0. The molecule has 1 rings (SSSR count). The van der Waals surface area contributed by atoms with Crippen LogP contribution in [0.15, 0.2) is 0 Å². The molecule has 18 heavy (non-hydrogen) atoms. The lowest BCUT2D eigenvalue weighted by atomic mass is 9.81. The molecule has 100 valence electrons. The molecule has 0 bridgehead atoms. The fourth-order valence-corrected chi connectivity index (χ4v) is 2.31. The largest absolute Gasteiger partial charge is 0.481 e. The van der Waals surface area contributed by atoms with Crippen molar-refractivity contribution in [2.45, 2.75) is 44.9 Å². The highest BCUT2D eigenvalue weighted by atomic mass is 16.4. The molecule has 1 aliphatic carbocycles. The van der Waals surface area contributed by atoms with Crippen LogP contribution in [0.2, 0.25) is 0 Å². The van der Waals surface area contributed by atoms with Crippen molar-refractivity contribution in [3.8, 4) is 12.3 Å². The number of carbonyl (C=O) groups excluding carboxylic acids is 1. The van der Waals surface area contributed by atoms with Gasteiger partial charge in [-0.1, -0.05) is 0 Å². The van der Waals surface area contributed by atoms with Gasteiger partial charge < -0.3 is 10.4 Å². The molecule has 0 aromatic carbocycles. The Bertz CT molecular complexity index is 324. The minimum Gasteiger partial charge on any atom is -0.481 e. The summed E-state index contributed by atoms with van der Waals surface area (Å²) in [5.41, 5.74) is 0. The van der Waals surface area contributed by atoms with Gasteiger partial charge >= 0.3 is 5.97 Å². The Morgan fingerprint density at radius 1 is 1.17 bits per heavy atom. The molecule has 0 unspecified atom stereocenters. The van der Waals surface area contributed by atoms with Gasteiger partial charge in [-0.15, -0.1) is 12.3 Å². The Morgan fingerprint density at radius 3 is 2.33 bits per heavy atom. The maximum Gasteiger partial charge on any atom is 0.306 e. The lowest BCUT2D eigenvalue weighted by Crippen LogP contribution is -2.34. The van der Waals surface area contributed by atoms with Crippen LogP contribution in [-0.2, 0) is 9.59 Å². The first-order valence-corrected chi connectivity index (χ1v) is 6.59. The number of aliphatic carboxylic acids is 1. The van der Waals surface area contributed by atoms with Gasteiger partial charge in [-0.25, -0.2) is 0 Å². The van der Waals surface area contributed by atoms with Crippen LogP contribution in [-0.4, -0.2) is 23.5 Å². The van der Waals surface area contributed by atoms with Gasteiger partial charge in [-0.05, 0) is 38.5 Å². The standard InChI is InChI=1S/C14H21NO3/c1-2-3-4-5-10-15-13(16)11-6-8-12(9-7-11)14(17)18/h1,11-12H,3-10H2,(H,15,16)(H,17,18). The van der Waals surface area contributed by atoms with Crippen molar-refractivity contribution in [2.24, 2.45) is 11.8 Å². The van der Waals surface area contributed by atoms with Crippen LogP contribution in [0.3, 0.4) is 0 Å². The molecule has 0 aromatic rings. The van der Waals surface area contributed by atoms with Gasteiger partial charge in [0.25, 0.3) is 0 Å². The molecular formula is C14H21NO3. The molecule has 1 aliphatic rings. The topological polar surface area (TPSA) is 66.4 Å². The van der Waals surface area contributed by atoms with E-state index in [4.69, 9.17) is 11.5 Å². The van der Waals surface area contributed by atoms with Gasteiger partial charge in [0.1, 0.15) is 0 Å². The number of amides is 1. The summed E-state index contributed by atoms with van der Waals surface area (Å²) in [6.07, 6.45) is 10.3. The zero-order chi connectivity index (χ0) is 13.4. The van der Waals surface area contributed by atoms with Crippen LogP contribution in [0.5, 0.6) is 0 Å². The Labute approximate surface area is 108 Å². The van der Waals surface area contributed by atoms with Crippen molar-refractivity contribution < 1.29 is 14.7 Å². The van der Waals surface area contributed by atoms with Crippen molar-refractivity contribution in [1.29, 1.82) is 0 Å². The molecule has 1 saturated carbocycles. The highest BCUT2D eigenvalue weighted by Crippen LogP contribution is 2.28. The normalized spacial score (nSPS) is 23.1. The molecule has 4 heteroatoms. The van der Waals surface area contributed by atoms with E-state index < -0.39 is 5.97 Å². The first-order valence-electron chi connectivity index (χ1n) is 6.59. The summed E-state index contributed by atoms with van der Waals surface area (Å²) in [4.78, 5) is 22.6. The van der Waals surface area contributed by atoms with E-state index in [2.05, 4.69) is 11.2 Å². The minimum absolute atomic E-state index is 0.00627. The highest BCUT2D eigenvalue weighted by molar-refractivity contribution is 5.79. The van der Waals surface area contributed by atoms with Gasteiger partial charge in [0.2, 0.25) is 5.91 Å². The van der Waals surface area contributed by atoms with E-state index in [0.29, 0.717) is 32.2 Å². The SMILES string of the molecule is C#CCCCCNC(=O)C1CCC(C(=O)O)CC1. The van der Waals surface area contributed by atoms with Crippen molar-refractivity contribution in [2.75, 3.05) is 6.54 Å². The summed E-state index contributed by atoms with van der Waals surface area (Å²) < 4.78 is 0. The third-order valence-electron chi connectivity index (χ3n) is 3.49. The molecule has 2 N–H and O–H groups in total. The lowest BCUT2D eigenvalue weighted by molar-refractivity contribution is -0.144. The number of hydrogen-bond donors (Lipinski definition) is 2. The van der Waals surface area contributed by atoms with Crippen LogP contribution in [0, 0.1) is 24.2 Å². The van der Waals surface area contributed by atoms with Crippen molar-refractivity contribution in [1.82, 2.24) is 5.32 Å². The number of nitrogens with one attached hydrogen (secondary N) is 1. The van der Waals surface area contributed by atoms with E-state index >= 15 is 0 Å². The van der Waals surface area contributed by atoms with E-state index in [9.17, 15) is 9.59 Å². The maximum atomic E-state index is 11.8. The molecule has 1 amide bonds. The average molecular weight is 251 g/mol. The maximum absolute atomic E-state index is 11.8. The lowest BCUT2D eigenvalue weighted by Gasteiger charge is -2.25. The summed E-state index contributed by atoms with van der Waals surface area (Å²) in [6, 6.07) is 0. The number of carboxylic acid groups (broad SMARTS) is 1. The predicted molar refractivity (Wildman–Crippen MR) is 68.8 cm³/mol. The second kappa shape index (κ2) is 7.75. The van der Waals surface area contributed by atoms with Gasteiger partial charge in [0.15, 0.2) is 0 Å². The Balaban J connectivity index is 2.16. The molecule has 0 spiro atoms. The van der Waals surface area contributed by atoms with E-state index in [1.54, 1.807) is 0 Å². The van der Waals surface area contributed by atoms with Crippen molar-refractivity contribution >= 4 is 11.9 Å². The quantitative estimate of drug-likeness (QED) is 0.559. The fourth-order valence-electron chi connectivity index (χ4n) is 2.31. The van der Waals surface area contributed by atoms with Crippen molar-refractivity contribution in [3.63, 3.8) is 0 Å². The van der Waals surface area contributed by atoms with E-state index in [1.807, 2.05) is 0 Å². The molecular weight excluding hydrogens is 230 g/mol. The summed E-state index contributed by atoms with van der Waals surface area (Å²) in [5.74, 6) is 1.64. The third-order valence-corrected chi connectivity index (χ3v) is 3.49. The van der Waals surface area contributed by atoms with Gasteiger partial charge in [-0.3, -0.25) is 9.59 Å². The Kier molecular flexibility index (Phi) is 6.27. The molecule has 0 aromatic heterocycles. The zero-order valence-electron chi connectivity index (χ0n) is 10.7.